The van der Waals surface area contributed by atoms with Gasteiger partial charge in [-0.1, -0.05) is 24.3 Å². The van der Waals surface area contributed by atoms with Gasteiger partial charge in [0.25, 0.3) is 5.91 Å². The van der Waals surface area contributed by atoms with Gasteiger partial charge in [-0.05, 0) is 37.3 Å². The van der Waals surface area contributed by atoms with Gasteiger partial charge in [-0.15, -0.1) is 6.58 Å². The average Bonchev–Trinajstić information content (AvgIpc) is 2.62. The van der Waals surface area contributed by atoms with E-state index in [0.717, 1.165) is 0 Å². The van der Waals surface area contributed by atoms with E-state index in [4.69, 9.17) is 4.74 Å². The molecule has 2 N–H and O–H groups in total. The van der Waals surface area contributed by atoms with E-state index in [2.05, 4.69) is 16.6 Å². The maximum absolute atomic E-state index is 12.4. The summed E-state index contributed by atoms with van der Waals surface area (Å²) < 4.78 is 32.4. The number of hydrogen-bond acceptors (Lipinski definition) is 4. The van der Waals surface area contributed by atoms with Crippen LogP contribution in [0.3, 0.4) is 0 Å². The standard InChI is InChI=1S/C18H20N2O4S/c1-3-12-19-25(22,23)15-10-11-17(24-4-2)16(13-15)20-18(21)14-8-6-5-7-9-14/h3,5-11,13,19H,1,4,12H2,2H3,(H,20,21). The molecule has 0 saturated heterocycles. The highest BCUT2D eigenvalue weighted by Gasteiger charge is 2.17. The lowest BCUT2D eigenvalue weighted by molar-refractivity contribution is 0.102. The van der Waals surface area contributed by atoms with Crippen molar-refractivity contribution in [3.63, 3.8) is 0 Å². The number of carbonyl (C=O) groups is 1. The molecule has 0 aliphatic heterocycles. The minimum Gasteiger partial charge on any atom is -0.492 e. The Kier molecular flexibility index (Phi) is 6.32. The van der Waals surface area contributed by atoms with Gasteiger partial charge < -0.3 is 10.1 Å². The number of carbonyl (C=O) groups excluding carboxylic acids is 1. The van der Waals surface area contributed by atoms with Crippen LogP contribution in [0.25, 0.3) is 0 Å². The van der Waals surface area contributed by atoms with E-state index < -0.39 is 10.0 Å². The highest BCUT2D eigenvalue weighted by molar-refractivity contribution is 7.89. The molecule has 0 bridgehead atoms. The summed E-state index contributed by atoms with van der Waals surface area (Å²) in [6, 6.07) is 13.0. The van der Waals surface area contributed by atoms with Crippen molar-refractivity contribution in [3.8, 4) is 5.75 Å². The monoisotopic (exact) mass is 360 g/mol. The smallest absolute Gasteiger partial charge is 0.255 e. The predicted octanol–water partition coefficient (Wildman–Crippen LogP) is 2.80. The van der Waals surface area contributed by atoms with Gasteiger partial charge in [-0.25, -0.2) is 13.1 Å². The molecule has 0 fully saturated rings. The molecule has 0 spiro atoms. The van der Waals surface area contributed by atoms with Crippen molar-refractivity contribution in [3.05, 3.63) is 66.7 Å². The maximum Gasteiger partial charge on any atom is 0.255 e. The summed E-state index contributed by atoms with van der Waals surface area (Å²) in [5, 5.41) is 2.70. The van der Waals surface area contributed by atoms with Crippen molar-refractivity contribution in [2.75, 3.05) is 18.5 Å². The second-order valence-corrected chi connectivity index (χ2v) is 6.82. The van der Waals surface area contributed by atoms with Crippen molar-refractivity contribution in [2.45, 2.75) is 11.8 Å². The highest BCUT2D eigenvalue weighted by atomic mass is 32.2. The molecule has 0 atom stereocenters. The minimum atomic E-state index is -3.71. The van der Waals surface area contributed by atoms with Crippen LogP contribution in [0.2, 0.25) is 0 Å². The molecule has 25 heavy (non-hydrogen) atoms. The van der Waals surface area contributed by atoms with Crippen LogP contribution in [0.5, 0.6) is 5.75 Å². The molecular weight excluding hydrogens is 340 g/mol. The fraction of sp³-hybridized carbons (Fsp3) is 0.167. The van der Waals surface area contributed by atoms with Gasteiger partial charge in [0.05, 0.1) is 17.2 Å². The number of hydrogen-bond donors (Lipinski definition) is 2. The van der Waals surface area contributed by atoms with Crippen molar-refractivity contribution >= 4 is 21.6 Å². The third-order valence-electron chi connectivity index (χ3n) is 3.26. The van der Waals surface area contributed by atoms with E-state index in [0.29, 0.717) is 17.9 Å². The van der Waals surface area contributed by atoms with Crippen LogP contribution in [-0.4, -0.2) is 27.5 Å². The van der Waals surface area contributed by atoms with Gasteiger partial charge in [0.15, 0.2) is 0 Å². The van der Waals surface area contributed by atoms with Gasteiger partial charge >= 0.3 is 0 Å². The van der Waals surface area contributed by atoms with Crippen LogP contribution in [0.15, 0.2) is 66.1 Å². The Morgan fingerprint density at radius 3 is 2.56 bits per heavy atom. The van der Waals surface area contributed by atoms with Crippen LogP contribution in [0.4, 0.5) is 5.69 Å². The zero-order valence-corrected chi connectivity index (χ0v) is 14.7. The van der Waals surface area contributed by atoms with Crippen molar-refractivity contribution in [1.29, 1.82) is 0 Å². The lowest BCUT2D eigenvalue weighted by atomic mass is 10.2. The van der Waals surface area contributed by atoms with Gasteiger partial charge in [0.2, 0.25) is 10.0 Å². The Morgan fingerprint density at radius 2 is 1.92 bits per heavy atom. The van der Waals surface area contributed by atoms with Crippen LogP contribution >= 0.6 is 0 Å². The third kappa shape index (κ3) is 4.91. The maximum atomic E-state index is 12.4. The van der Waals surface area contributed by atoms with Gasteiger partial charge in [0, 0.05) is 12.1 Å². The number of anilines is 1. The van der Waals surface area contributed by atoms with E-state index in [1.165, 1.54) is 24.3 Å². The molecule has 0 heterocycles. The molecule has 1 amide bonds. The Labute approximate surface area is 147 Å². The van der Waals surface area contributed by atoms with Gasteiger partial charge in [0.1, 0.15) is 5.75 Å². The molecular formula is C18H20N2O4S. The van der Waals surface area contributed by atoms with E-state index in [9.17, 15) is 13.2 Å². The predicted molar refractivity (Wildman–Crippen MR) is 97.4 cm³/mol. The summed E-state index contributed by atoms with van der Waals surface area (Å²) in [5.74, 6) is 0.0459. The van der Waals surface area contributed by atoms with Crippen LogP contribution < -0.4 is 14.8 Å². The zero-order chi connectivity index (χ0) is 18.3. The van der Waals surface area contributed by atoms with E-state index in [1.807, 2.05) is 0 Å². The largest absolute Gasteiger partial charge is 0.492 e. The van der Waals surface area contributed by atoms with Crippen LogP contribution in [0.1, 0.15) is 17.3 Å². The molecule has 0 aliphatic carbocycles. The van der Waals surface area contributed by atoms with E-state index in [1.54, 1.807) is 37.3 Å². The third-order valence-corrected chi connectivity index (χ3v) is 4.68. The fourth-order valence-corrected chi connectivity index (χ4v) is 3.12. The minimum absolute atomic E-state index is 0.0289. The summed E-state index contributed by atoms with van der Waals surface area (Å²) >= 11 is 0. The lowest BCUT2D eigenvalue weighted by Crippen LogP contribution is -2.24. The van der Waals surface area contributed by atoms with Crippen molar-refractivity contribution < 1.29 is 17.9 Å². The molecule has 7 heteroatoms. The molecule has 0 saturated carbocycles. The number of sulfonamides is 1. The summed E-state index contributed by atoms with van der Waals surface area (Å²) in [5.41, 5.74) is 0.750. The second-order valence-electron chi connectivity index (χ2n) is 5.05. The molecule has 2 aromatic rings. The van der Waals surface area contributed by atoms with E-state index >= 15 is 0 Å². The van der Waals surface area contributed by atoms with Gasteiger partial charge in [-0.2, -0.15) is 0 Å². The second kappa shape index (κ2) is 8.46. The zero-order valence-electron chi connectivity index (χ0n) is 13.9. The van der Waals surface area contributed by atoms with Crippen LogP contribution in [-0.2, 0) is 10.0 Å². The first-order chi connectivity index (χ1) is 12.0. The number of nitrogens with one attached hydrogen (secondary N) is 2. The summed E-state index contributed by atoms with van der Waals surface area (Å²) in [7, 11) is -3.71. The Morgan fingerprint density at radius 1 is 1.20 bits per heavy atom. The van der Waals surface area contributed by atoms with Crippen LogP contribution in [0, 0.1) is 0 Å². The summed E-state index contributed by atoms with van der Waals surface area (Å²) in [6.07, 6.45) is 1.45. The first kappa shape index (κ1) is 18.7. The topological polar surface area (TPSA) is 84.5 Å². The molecule has 0 aliphatic rings. The summed E-state index contributed by atoms with van der Waals surface area (Å²) in [6.45, 7) is 5.78. The van der Waals surface area contributed by atoms with E-state index in [-0.39, 0.29) is 23.0 Å². The molecule has 2 aromatic carbocycles. The molecule has 0 aromatic heterocycles. The number of benzene rings is 2. The average molecular weight is 360 g/mol. The molecule has 2 rings (SSSR count). The highest BCUT2D eigenvalue weighted by Crippen LogP contribution is 2.28. The lowest BCUT2D eigenvalue weighted by Gasteiger charge is -2.14. The van der Waals surface area contributed by atoms with Gasteiger partial charge in [-0.3, -0.25) is 4.79 Å². The SMILES string of the molecule is C=CCNS(=O)(=O)c1ccc(OCC)c(NC(=O)c2ccccc2)c1. The Bertz CT molecular complexity index is 849. The summed E-state index contributed by atoms with van der Waals surface area (Å²) in [4.78, 5) is 12.4. The first-order valence-corrected chi connectivity index (χ1v) is 9.20. The number of amides is 1. The molecule has 0 unspecified atom stereocenters. The number of ether oxygens (including phenoxy) is 1. The normalized spacial score (nSPS) is 10.9. The molecule has 6 nitrogen and oxygen atoms in total. The van der Waals surface area contributed by atoms with Crippen molar-refractivity contribution in [1.82, 2.24) is 4.72 Å². The number of rotatable bonds is 8. The molecule has 0 radical (unpaired) electrons. The van der Waals surface area contributed by atoms with Crippen molar-refractivity contribution in [2.24, 2.45) is 0 Å². The first-order valence-electron chi connectivity index (χ1n) is 7.71. The fourth-order valence-electron chi connectivity index (χ4n) is 2.09. The Balaban J connectivity index is 2.35. The molecule has 132 valence electrons. The quantitative estimate of drug-likeness (QED) is 0.709. The Hall–Kier alpha value is -2.64.